The Hall–Kier alpha value is -3.34. The van der Waals surface area contributed by atoms with Crippen LogP contribution in [0.2, 0.25) is 0 Å². The van der Waals surface area contributed by atoms with E-state index in [1.165, 1.54) is 6.20 Å². The van der Waals surface area contributed by atoms with Crippen molar-refractivity contribution in [3.8, 4) is 11.5 Å². The number of amides is 1. The standard InChI is InChI=1S/C25H28FN5O4/c1-33-17-3-4-22-20(10-17)19(21(26)13-28-22)6-7-31-8-9-34-18(14-31)12-27-11-16-2-5-23-25(29-16)30-24(32)15-35-23/h2-5,10,13,18,27H,6-9,11-12,14-15H2,1H3,(H,29,30,32)/t18-/m0/s1. The van der Waals surface area contributed by atoms with E-state index in [0.29, 0.717) is 49.0 Å². The van der Waals surface area contributed by atoms with Crippen LogP contribution in [0.25, 0.3) is 10.9 Å². The van der Waals surface area contributed by atoms with Crippen LogP contribution in [0.5, 0.6) is 11.5 Å². The summed E-state index contributed by atoms with van der Waals surface area (Å²) in [5.41, 5.74) is 2.22. The lowest BCUT2D eigenvalue weighted by atomic mass is 10.0. The van der Waals surface area contributed by atoms with Crippen molar-refractivity contribution in [2.45, 2.75) is 19.1 Å². The quantitative estimate of drug-likeness (QED) is 0.505. The third-order valence-corrected chi connectivity index (χ3v) is 6.25. The van der Waals surface area contributed by atoms with E-state index >= 15 is 0 Å². The lowest BCUT2D eigenvalue weighted by molar-refractivity contribution is -0.118. The van der Waals surface area contributed by atoms with Crippen molar-refractivity contribution in [2.75, 3.05) is 51.8 Å². The van der Waals surface area contributed by atoms with Crippen molar-refractivity contribution in [3.05, 3.63) is 53.6 Å². The van der Waals surface area contributed by atoms with Gasteiger partial charge >= 0.3 is 0 Å². The van der Waals surface area contributed by atoms with Crippen LogP contribution in [-0.4, -0.2) is 73.4 Å². The molecule has 4 heterocycles. The molecule has 184 valence electrons. The largest absolute Gasteiger partial charge is 0.497 e. The minimum atomic E-state index is -0.295. The summed E-state index contributed by atoms with van der Waals surface area (Å²) in [4.78, 5) is 22.5. The molecule has 5 rings (SSSR count). The first-order valence-corrected chi connectivity index (χ1v) is 11.7. The van der Waals surface area contributed by atoms with Gasteiger partial charge in [-0.15, -0.1) is 0 Å². The van der Waals surface area contributed by atoms with Crippen LogP contribution in [0, 0.1) is 5.82 Å². The van der Waals surface area contributed by atoms with Gasteiger partial charge in [-0.05, 0) is 36.8 Å². The number of aromatic nitrogens is 2. The maximum atomic E-state index is 14.6. The first-order chi connectivity index (χ1) is 17.1. The van der Waals surface area contributed by atoms with E-state index in [2.05, 4.69) is 25.5 Å². The molecule has 0 bridgehead atoms. The molecular formula is C25H28FN5O4. The lowest BCUT2D eigenvalue weighted by Crippen LogP contribution is -2.47. The molecule has 0 unspecified atom stereocenters. The van der Waals surface area contributed by atoms with Gasteiger partial charge in [0.25, 0.3) is 5.91 Å². The molecule has 2 aliphatic rings. The highest BCUT2D eigenvalue weighted by Crippen LogP contribution is 2.26. The van der Waals surface area contributed by atoms with Gasteiger partial charge in [0, 0.05) is 43.7 Å². The molecule has 1 amide bonds. The Balaban J connectivity index is 1.14. The Morgan fingerprint density at radius 3 is 3.11 bits per heavy atom. The van der Waals surface area contributed by atoms with E-state index in [9.17, 15) is 9.18 Å². The molecule has 2 aromatic heterocycles. The van der Waals surface area contributed by atoms with Gasteiger partial charge in [0.1, 0.15) is 11.6 Å². The van der Waals surface area contributed by atoms with Gasteiger partial charge in [-0.1, -0.05) is 0 Å². The van der Waals surface area contributed by atoms with Gasteiger partial charge in [-0.3, -0.25) is 14.7 Å². The first-order valence-electron chi connectivity index (χ1n) is 11.7. The summed E-state index contributed by atoms with van der Waals surface area (Å²) >= 11 is 0. The Morgan fingerprint density at radius 1 is 1.31 bits per heavy atom. The molecule has 3 aromatic rings. The van der Waals surface area contributed by atoms with E-state index in [1.807, 2.05) is 30.3 Å². The van der Waals surface area contributed by atoms with Crippen molar-refractivity contribution >= 4 is 22.6 Å². The number of halogens is 1. The number of nitrogens with one attached hydrogen (secondary N) is 2. The molecule has 1 aromatic carbocycles. The second-order valence-corrected chi connectivity index (χ2v) is 8.63. The fourth-order valence-electron chi connectivity index (χ4n) is 4.42. The number of nitrogens with zero attached hydrogens (tertiary/aromatic N) is 3. The van der Waals surface area contributed by atoms with Crippen molar-refractivity contribution in [2.24, 2.45) is 0 Å². The van der Waals surface area contributed by atoms with E-state index < -0.39 is 0 Å². The zero-order valence-electron chi connectivity index (χ0n) is 19.6. The summed E-state index contributed by atoms with van der Waals surface area (Å²) in [7, 11) is 1.60. The third kappa shape index (κ3) is 5.50. The number of pyridine rings is 2. The monoisotopic (exact) mass is 481 g/mol. The van der Waals surface area contributed by atoms with E-state index in [-0.39, 0.29) is 24.4 Å². The first kappa shape index (κ1) is 23.4. The summed E-state index contributed by atoms with van der Waals surface area (Å²) in [5, 5.41) is 6.89. The van der Waals surface area contributed by atoms with Gasteiger partial charge in [-0.25, -0.2) is 9.37 Å². The van der Waals surface area contributed by atoms with Crippen molar-refractivity contribution in [1.82, 2.24) is 20.2 Å². The second kappa shape index (κ2) is 10.5. The maximum Gasteiger partial charge on any atom is 0.263 e. The second-order valence-electron chi connectivity index (χ2n) is 8.63. The Morgan fingerprint density at radius 2 is 2.23 bits per heavy atom. The number of carbonyl (C=O) groups excluding carboxylic acids is 1. The minimum absolute atomic E-state index is 0.0139. The predicted molar refractivity (Wildman–Crippen MR) is 128 cm³/mol. The Labute approximate surface area is 202 Å². The minimum Gasteiger partial charge on any atom is -0.497 e. The number of ether oxygens (including phenoxy) is 3. The number of hydrogen-bond donors (Lipinski definition) is 2. The van der Waals surface area contributed by atoms with Crippen LogP contribution in [0.1, 0.15) is 11.3 Å². The summed E-state index contributed by atoms with van der Waals surface area (Å²) in [6.45, 7) is 4.11. The molecule has 10 heteroatoms. The number of anilines is 1. The zero-order valence-corrected chi connectivity index (χ0v) is 19.6. The van der Waals surface area contributed by atoms with Crippen molar-refractivity contribution in [3.63, 3.8) is 0 Å². The highest BCUT2D eigenvalue weighted by molar-refractivity contribution is 5.94. The summed E-state index contributed by atoms with van der Waals surface area (Å²) < 4.78 is 31.2. The fourth-order valence-corrected chi connectivity index (χ4v) is 4.42. The number of carbonyl (C=O) groups is 1. The van der Waals surface area contributed by atoms with Gasteiger partial charge < -0.3 is 24.8 Å². The number of fused-ring (bicyclic) bond motifs is 2. The van der Waals surface area contributed by atoms with Crippen molar-refractivity contribution in [1.29, 1.82) is 0 Å². The highest BCUT2D eigenvalue weighted by Gasteiger charge is 2.22. The molecular weight excluding hydrogens is 453 g/mol. The fraction of sp³-hybridized carbons (Fsp3) is 0.400. The Bertz CT molecular complexity index is 1220. The third-order valence-electron chi connectivity index (χ3n) is 6.25. The highest BCUT2D eigenvalue weighted by atomic mass is 19.1. The summed E-state index contributed by atoms with van der Waals surface area (Å²) in [6.07, 6.45) is 1.89. The molecule has 1 atom stereocenters. The van der Waals surface area contributed by atoms with Gasteiger partial charge in [0.15, 0.2) is 18.2 Å². The number of morpholine rings is 1. The van der Waals surface area contributed by atoms with Gasteiger partial charge in [0.2, 0.25) is 0 Å². The number of rotatable bonds is 8. The van der Waals surface area contributed by atoms with Gasteiger partial charge in [0.05, 0.1) is 37.2 Å². The molecule has 35 heavy (non-hydrogen) atoms. The lowest BCUT2D eigenvalue weighted by Gasteiger charge is -2.33. The van der Waals surface area contributed by atoms with Crippen LogP contribution in [0.15, 0.2) is 36.5 Å². The average molecular weight is 482 g/mol. The Kier molecular flexibility index (Phi) is 7.03. The molecule has 0 radical (unpaired) electrons. The smallest absolute Gasteiger partial charge is 0.263 e. The normalized spacial score (nSPS) is 18.1. The van der Waals surface area contributed by atoms with E-state index in [4.69, 9.17) is 14.2 Å². The molecule has 0 aliphatic carbocycles. The van der Waals surface area contributed by atoms with Crippen LogP contribution in [0.3, 0.4) is 0 Å². The predicted octanol–water partition coefficient (Wildman–Crippen LogP) is 2.14. The zero-order chi connectivity index (χ0) is 24.2. The average Bonchev–Trinajstić information content (AvgIpc) is 2.88. The summed E-state index contributed by atoms with van der Waals surface area (Å²) in [6, 6.07) is 9.22. The maximum absolute atomic E-state index is 14.6. The van der Waals surface area contributed by atoms with Crippen molar-refractivity contribution < 1.29 is 23.4 Å². The summed E-state index contributed by atoms with van der Waals surface area (Å²) in [5.74, 6) is 1.22. The molecule has 0 spiro atoms. The van der Waals surface area contributed by atoms with Crippen LogP contribution in [0.4, 0.5) is 10.2 Å². The number of benzene rings is 1. The van der Waals surface area contributed by atoms with Crippen LogP contribution < -0.4 is 20.1 Å². The molecule has 1 saturated heterocycles. The van der Waals surface area contributed by atoms with Gasteiger partial charge in [-0.2, -0.15) is 0 Å². The molecule has 1 fully saturated rings. The number of methoxy groups -OCH3 is 1. The van der Waals surface area contributed by atoms with Crippen LogP contribution in [-0.2, 0) is 22.5 Å². The van der Waals surface area contributed by atoms with E-state index in [1.54, 1.807) is 7.11 Å². The SMILES string of the molecule is COc1ccc2ncc(F)c(CCN3CCO[C@@H](CNCc4ccc5c(n4)NC(=O)CO5)C3)c2c1. The molecule has 9 nitrogen and oxygen atoms in total. The number of hydrogen-bond acceptors (Lipinski definition) is 8. The topological polar surface area (TPSA) is 97.8 Å². The molecule has 2 N–H and O–H groups in total. The van der Waals surface area contributed by atoms with Crippen LogP contribution >= 0.6 is 0 Å². The molecule has 2 aliphatic heterocycles. The molecule has 0 saturated carbocycles. The van der Waals surface area contributed by atoms with E-state index in [0.717, 1.165) is 36.2 Å².